The maximum Gasteiger partial charge on any atom is 0.286 e. The number of aryl methyl sites for hydroxylation is 1. The number of nitrogens with zero attached hydrogens (tertiary/aromatic N) is 3. The summed E-state index contributed by atoms with van der Waals surface area (Å²) >= 11 is 1.46. The number of hydrogen-bond acceptors (Lipinski definition) is 5. The van der Waals surface area contributed by atoms with Crippen LogP contribution < -0.4 is 4.74 Å². The molecule has 1 fully saturated rings. The van der Waals surface area contributed by atoms with Gasteiger partial charge in [0.25, 0.3) is 5.91 Å². The summed E-state index contributed by atoms with van der Waals surface area (Å²) in [6, 6.07) is 26.7. The maximum absolute atomic E-state index is 12.7. The number of ether oxygens (including phenoxy) is 1. The van der Waals surface area contributed by atoms with Gasteiger partial charge in [0.1, 0.15) is 12.4 Å². The molecule has 0 atom stereocenters. The Morgan fingerprint density at radius 1 is 0.886 bits per heavy atom. The van der Waals surface area contributed by atoms with Crippen molar-refractivity contribution in [2.24, 2.45) is 4.99 Å². The molecule has 0 radical (unpaired) electrons. The van der Waals surface area contributed by atoms with Crippen LogP contribution in [0.3, 0.4) is 0 Å². The van der Waals surface area contributed by atoms with E-state index in [1.165, 1.54) is 22.9 Å². The lowest BCUT2D eigenvalue weighted by Crippen LogP contribution is -2.47. The summed E-state index contributed by atoms with van der Waals surface area (Å²) in [5.41, 5.74) is 4.56. The van der Waals surface area contributed by atoms with Crippen molar-refractivity contribution in [2.45, 2.75) is 20.1 Å². The lowest BCUT2D eigenvalue weighted by atomic mass is 10.1. The minimum absolute atomic E-state index is 0.176. The molecule has 0 unspecified atom stereocenters. The third-order valence-electron chi connectivity index (χ3n) is 6.22. The Morgan fingerprint density at radius 3 is 2.37 bits per heavy atom. The average Bonchev–Trinajstić information content (AvgIpc) is 3.25. The van der Waals surface area contributed by atoms with Gasteiger partial charge in [0.15, 0.2) is 5.17 Å². The van der Waals surface area contributed by atoms with Crippen molar-refractivity contribution in [3.8, 4) is 5.75 Å². The summed E-state index contributed by atoms with van der Waals surface area (Å²) < 4.78 is 6.09. The zero-order valence-corrected chi connectivity index (χ0v) is 20.7. The number of amides is 1. The van der Waals surface area contributed by atoms with Crippen LogP contribution in [-0.4, -0.2) is 47.1 Å². The molecule has 2 aliphatic heterocycles. The van der Waals surface area contributed by atoms with Crippen LogP contribution in [0.1, 0.15) is 22.3 Å². The molecule has 5 nitrogen and oxygen atoms in total. The van der Waals surface area contributed by atoms with E-state index < -0.39 is 0 Å². The van der Waals surface area contributed by atoms with Gasteiger partial charge >= 0.3 is 0 Å². The van der Waals surface area contributed by atoms with E-state index in [1.807, 2.05) is 36.4 Å². The van der Waals surface area contributed by atoms with Crippen LogP contribution in [0, 0.1) is 6.92 Å². The Bertz CT molecular complexity index is 1230. The Balaban J connectivity index is 1.20. The fourth-order valence-electron chi connectivity index (χ4n) is 4.19. The normalized spacial score (nSPS) is 17.6. The fourth-order valence-corrected chi connectivity index (χ4v) is 5.15. The van der Waals surface area contributed by atoms with Crippen LogP contribution >= 0.6 is 11.8 Å². The van der Waals surface area contributed by atoms with E-state index >= 15 is 0 Å². The van der Waals surface area contributed by atoms with E-state index in [1.54, 1.807) is 0 Å². The molecule has 3 aromatic rings. The van der Waals surface area contributed by atoms with Crippen molar-refractivity contribution in [3.63, 3.8) is 0 Å². The molecule has 3 aromatic carbocycles. The lowest BCUT2D eigenvalue weighted by Gasteiger charge is -2.35. The number of aliphatic imine (C=N–C) groups is 1. The highest BCUT2D eigenvalue weighted by Gasteiger charge is 2.28. The number of piperazine rings is 1. The van der Waals surface area contributed by atoms with E-state index in [0.29, 0.717) is 11.5 Å². The van der Waals surface area contributed by atoms with Gasteiger partial charge in [0, 0.05) is 38.3 Å². The molecule has 0 aromatic heterocycles. The van der Waals surface area contributed by atoms with Crippen LogP contribution in [0.5, 0.6) is 5.75 Å². The molecule has 0 bridgehead atoms. The second kappa shape index (κ2) is 10.9. The molecule has 1 saturated heterocycles. The zero-order valence-electron chi connectivity index (χ0n) is 19.9. The quantitative estimate of drug-likeness (QED) is 0.442. The summed E-state index contributed by atoms with van der Waals surface area (Å²) in [5, 5.41) is 0.804. The van der Waals surface area contributed by atoms with E-state index in [-0.39, 0.29) is 5.91 Å². The molecule has 0 N–H and O–H groups in total. The number of benzene rings is 3. The van der Waals surface area contributed by atoms with E-state index in [0.717, 1.165) is 54.8 Å². The largest absolute Gasteiger partial charge is 0.488 e. The molecule has 2 aliphatic rings. The highest BCUT2D eigenvalue weighted by molar-refractivity contribution is 8.18. The summed E-state index contributed by atoms with van der Waals surface area (Å²) in [6.07, 6.45) is 1.90. The summed E-state index contributed by atoms with van der Waals surface area (Å²) in [5.74, 6) is 0.585. The third kappa shape index (κ3) is 6.02. The van der Waals surface area contributed by atoms with Crippen LogP contribution in [-0.2, 0) is 17.9 Å². The van der Waals surface area contributed by atoms with Gasteiger partial charge in [-0.2, -0.15) is 4.99 Å². The predicted octanol–water partition coefficient (Wildman–Crippen LogP) is 5.36. The molecule has 178 valence electrons. The Labute approximate surface area is 211 Å². The van der Waals surface area contributed by atoms with Crippen LogP contribution in [0.25, 0.3) is 6.08 Å². The number of amidine groups is 1. The van der Waals surface area contributed by atoms with Gasteiger partial charge in [-0.3, -0.25) is 9.69 Å². The van der Waals surface area contributed by atoms with Crippen molar-refractivity contribution < 1.29 is 9.53 Å². The van der Waals surface area contributed by atoms with Gasteiger partial charge in [-0.05, 0) is 42.0 Å². The predicted molar refractivity (Wildman–Crippen MR) is 143 cm³/mol. The van der Waals surface area contributed by atoms with Crippen molar-refractivity contribution in [1.29, 1.82) is 0 Å². The zero-order chi connectivity index (χ0) is 24.0. The molecule has 1 amide bonds. The van der Waals surface area contributed by atoms with Gasteiger partial charge in [-0.1, -0.05) is 78.4 Å². The molecule has 0 spiro atoms. The van der Waals surface area contributed by atoms with E-state index in [4.69, 9.17) is 4.74 Å². The van der Waals surface area contributed by atoms with E-state index in [9.17, 15) is 4.79 Å². The smallest absolute Gasteiger partial charge is 0.286 e. The first-order valence-corrected chi connectivity index (χ1v) is 12.8. The van der Waals surface area contributed by atoms with Gasteiger partial charge in [0.2, 0.25) is 0 Å². The second-order valence-electron chi connectivity index (χ2n) is 8.87. The van der Waals surface area contributed by atoms with Crippen LogP contribution in [0.15, 0.2) is 88.8 Å². The molecule has 35 heavy (non-hydrogen) atoms. The van der Waals surface area contributed by atoms with Crippen molar-refractivity contribution in [3.05, 3.63) is 106 Å². The summed E-state index contributed by atoms with van der Waals surface area (Å²) in [4.78, 5) is 22.4. The number of thioether (sulfide) groups is 1. The summed E-state index contributed by atoms with van der Waals surface area (Å²) in [7, 11) is 0. The van der Waals surface area contributed by atoms with Gasteiger partial charge in [-0.15, -0.1) is 0 Å². The Kier molecular flexibility index (Phi) is 7.31. The first-order chi connectivity index (χ1) is 17.1. The van der Waals surface area contributed by atoms with Gasteiger partial charge < -0.3 is 9.64 Å². The fraction of sp³-hybridized carbons (Fsp3) is 0.241. The molecule has 5 rings (SSSR count). The minimum atomic E-state index is -0.176. The lowest BCUT2D eigenvalue weighted by molar-refractivity contribution is -0.113. The standard InChI is InChI=1S/C29H29N3O2S/c1-22-11-13-24(14-12-22)21-34-26-10-6-5-9-25(26)19-27-28(33)30-29(35-27)32-17-15-31(16-18-32)20-23-7-3-2-4-8-23/h2-14,19H,15-18,20-21H2,1H3. The van der Waals surface area contributed by atoms with Gasteiger partial charge in [0.05, 0.1) is 4.91 Å². The number of para-hydroxylation sites is 1. The maximum atomic E-state index is 12.7. The number of carbonyl (C=O) groups excluding carboxylic acids is 1. The molecular weight excluding hydrogens is 454 g/mol. The van der Waals surface area contributed by atoms with Crippen molar-refractivity contribution >= 4 is 28.9 Å². The first-order valence-electron chi connectivity index (χ1n) is 12.0. The number of hydrogen-bond donors (Lipinski definition) is 0. The Morgan fingerprint density at radius 2 is 1.60 bits per heavy atom. The highest BCUT2D eigenvalue weighted by Crippen LogP contribution is 2.33. The van der Waals surface area contributed by atoms with Crippen LogP contribution in [0.2, 0.25) is 0 Å². The molecule has 0 aliphatic carbocycles. The topological polar surface area (TPSA) is 45.1 Å². The monoisotopic (exact) mass is 483 g/mol. The molecule has 0 saturated carbocycles. The van der Waals surface area contributed by atoms with Crippen molar-refractivity contribution in [2.75, 3.05) is 26.2 Å². The second-order valence-corrected chi connectivity index (χ2v) is 9.88. The molecule has 6 heteroatoms. The van der Waals surface area contributed by atoms with Crippen molar-refractivity contribution in [1.82, 2.24) is 9.80 Å². The van der Waals surface area contributed by atoms with Gasteiger partial charge in [-0.25, -0.2) is 0 Å². The highest BCUT2D eigenvalue weighted by atomic mass is 32.2. The first kappa shape index (κ1) is 23.4. The van der Waals surface area contributed by atoms with E-state index in [2.05, 4.69) is 70.2 Å². The minimum Gasteiger partial charge on any atom is -0.488 e. The third-order valence-corrected chi connectivity index (χ3v) is 7.27. The summed E-state index contributed by atoms with van der Waals surface area (Å²) in [6.45, 7) is 7.16. The average molecular weight is 484 g/mol. The number of rotatable bonds is 6. The van der Waals surface area contributed by atoms with Crippen LogP contribution in [0.4, 0.5) is 0 Å². The SMILES string of the molecule is Cc1ccc(COc2ccccc2C=C2SC(N3CCN(Cc4ccccc4)CC3)=NC2=O)cc1. The number of carbonyl (C=O) groups is 1. The Hall–Kier alpha value is -3.35. The molecular formula is C29H29N3O2S. The molecule has 2 heterocycles.